The van der Waals surface area contributed by atoms with Crippen LogP contribution in [0.5, 0.6) is 0 Å². The van der Waals surface area contributed by atoms with E-state index in [1.54, 1.807) is 24.3 Å². The predicted octanol–water partition coefficient (Wildman–Crippen LogP) is 2.75. The van der Waals surface area contributed by atoms with Crippen molar-refractivity contribution in [1.82, 2.24) is 5.32 Å². The highest BCUT2D eigenvalue weighted by atomic mass is 79.9. The van der Waals surface area contributed by atoms with Crippen LogP contribution in [0.1, 0.15) is 5.56 Å². The Hall–Kier alpha value is -1.37. The summed E-state index contributed by atoms with van der Waals surface area (Å²) in [5, 5.41) is 3.25. The second-order valence-corrected chi connectivity index (χ2v) is 7.61. The Morgan fingerprint density at radius 3 is 2.52 bits per heavy atom. The molecule has 2 aromatic rings. The number of halogens is 1. The lowest BCUT2D eigenvalue weighted by Crippen LogP contribution is -2.34. The number of nitrogens with one attached hydrogen (secondary N) is 1. The van der Waals surface area contributed by atoms with E-state index in [-0.39, 0.29) is 0 Å². The minimum atomic E-state index is -3.54. The van der Waals surface area contributed by atoms with E-state index in [2.05, 4.69) is 21.2 Å². The van der Waals surface area contributed by atoms with Crippen LogP contribution < -0.4 is 9.62 Å². The van der Waals surface area contributed by atoms with E-state index < -0.39 is 10.0 Å². The zero-order chi connectivity index (χ0) is 14.9. The summed E-state index contributed by atoms with van der Waals surface area (Å²) in [7, 11) is -3.54. The molecule has 1 aliphatic rings. The largest absolute Gasteiger partial charge is 0.311 e. The molecule has 21 heavy (non-hydrogen) atoms. The Kier molecular flexibility index (Phi) is 4.01. The van der Waals surface area contributed by atoms with Gasteiger partial charge in [-0.1, -0.05) is 34.1 Å². The molecule has 0 fully saturated rings. The van der Waals surface area contributed by atoms with Gasteiger partial charge in [0.15, 0.2) is 0 Å². The van der Waals surface area contributed by atoms with Crippen LogP contribution in [-0.2, 0) is 16.6 Å². The molecule has 1 heterocycles. The van der Waals surface area contributed by atoms with E-state index in [4.69, 9.17) is 0 Å². The second kappa shape index (κ2) is 5.79. The van der Waals surface area contributed by atoms with Gasteiger partial charge in [-0.3, -0.25) is 4.31 Å². The van der Waals surface area contributed by atoms with E-state index in [0.29, 0.717) is 24.5 Å². The molecule has 4 nitrogen and oxygen atoms in total. The topological polar surface area (TPSA) is 49.4 Å². The normalized spacial score (nSPS) is 15.4. The van der Waals surface area contributed by atoms with Gasteiger partial charge in [0, 0.05) is 24.1 Å². The summed E-state index contributed by atoms with van der Waals surface area (Å²) in [5.41, 5.74) is 1.75. The first kappa shape index (κ1) is 14.6. The van der Waals surface area contributed by atoms with E-state index in [1.165, 1.54) is 4.31 Å². The van der Waals surface area contributed by atoms with Crippen molar-refractivity contribution >= 4 is 31.6 Å². The third kappa shape index (κ3) is 2.84. The summed E-state index contributed by atoms with van der Waals surface area (Å²) in [6.07, 6.45) is 0. The highest BCUT2D eigenvalue weighted by Gasteiger charge is 2.27. The van der Waals surface area contributed by atoms with Gasteiger partial charge in [0.1, 0.15) is 0 Å². The first-order valence-electron chi connectivity index (χ1n) is 6.66. The maximum absolute atomic E-state index is 12.9. The lowest BCUT2D eigenvalue weighted by Gasteiger charge is -2.24. The molecule has 0 radical (unpaired) electrons. The SMILES string of the molecule is O=S(=O)(c1ccc(Br)cc1)N1CCNCc2ccccc21. The van der Waals surface area contributed by atoms with Gasteiger partial charge in [-0.2, -0.15) is 0 Å². The molecule has 3 rings (SSSR count). The molecule has 0 saturated carbocycles. The molecule has 0 unspecified atom stereocenters. The molecule has 1 aliphatic heterocycles. The molecule has 110 valence electrons. The molecule has 6 heteroatoms. The Morgan fingerprint density at radius 2 is 1.76 bits per heavy atom. The minimum absolute atomic E-state index is 0.308. The molecule has 2 aromatic carbocycles. The van der Waals surface area contributed by atoms with Crippen LogP contribution in [0.25, 0.3) is 0 Å². The van der Waals surface area contributed by atoms with Gasteiger partial charge in [0.2, 0.25) is 0 Å². The summed E-state index contributed by atoms with van der Waals surface area (Å²) < 4.78 is 28.1. The van der Waals surface area contributed by atoms with Crippen molar-refractivity contribution in [3.63, 3.8) is 0 Å². The average molecular weight is 367 g/mol. The summed E-state index contributed by atoms with van der Waals surface area (Å²) >= 11 is 3.33. The van der Waals surface area contributed by atoms with E-state index in [1.807, 2.05) is 24.3 Å². The van der Waals surface area contributed by atoms with E-state index >= 15 is 0 Å². The Labute approximate surface area is 133 Å². The van der Waals surface area contributed by atoms with Crippen LogP contribution in [0.2, 0.25) is 0 Å². The third-order valence-corrected chi connectivity index (χ3v) is 5.83. The molecule has 0 amide bonds. The van der Waals surface area contributed by atoms with Gasteiger partial charge in [-0.05, 0) is 35.9 Å². The number of fused-ring (bicyclic) bond motifs is 1. The quantitative estimate of drug-likeness (QED) is 0.888. The summed E-state index contributed by atoms with van der Waals surface area (Å²) in [4.78, 5) is 0.308. The van der Waals surface area contributed by atoms with Crippen LogP contribution in [0, 0.1) is 0 Å². The first-order chi connectivity index (χ1) is 10.1. The van der Waals surface area contributed by atoms with Crippen LogP contribution >= 0.6 is 15.9 Å². The molecule has 1 N–H and O–H groups in total. The van der Waals surface area contributed by atoms with Gasteiger partial charge in [-0.15, -0.1) is 0 Å². The average Bonchev–Trinajstić information content (AvgIpc) is 2.70. The number of hydrogen-bond donors (Lipinski definition) is 1. The Bertz CT molecular complexity index is 745. The fourth-order valence-electron chi connectivity index (χ4n) is 2.41. The molecule has 0 saturated heterocycles. The standard InChI is InChI=1S/C15H15BrN2O2S/c16-13-5-7-14(8-6-13)21(19,20)18-10-9-17-11-12-3-1-2-4-15(12)18/h1-8,17H,9-11H2. The fraction of sp³-hybridized carbons (Fsp3) is 0.200. The van der Waals surface area contributed by atoms with Gasteiger partial charge in [0.05, 0.1) is 10.6 Å². The fourth-order valence-corrected chi connectivity index (χ4v) is 4.18. The van der Waals surface area contributed by atoms with Crippen molar-refractivity contribution in [3.8, 4) is 0 Å². The number of sulfonamides is 1. The lowest BCUT2D eigenvalue weighted by molar-refractivity contribution is 0.589. The van der Waals surface area contributed by atoms with Crippen molar-refractivity contribution < 1.29 is 8.42 Å². The monoisotopic (exact) mass is 366 g/mol. The first-order valence-corrected chi connectivity index (χ1v) is 8.89. The van der Waals surface area contributed by atoms with Crippen LogP contribution in [-0.4, -0.2) is 21.5 Å². The van der Waals surface area contributed by atoms with Crippen molar-refractivity contribution in [3.05, 3.63) is 58.6 Å². The zero-order valence-electron chi connectivity index (χ0n) is 11.3. The number of nitrogens with zero attached hydrogens (tertiary/aromatic N) is 1. The summed E-state index contributed by atoms with van der Waals surface area (Å²) in [6.45, 7) is 1.74. The predicted molar refractivity (Wildman–Crippen MR) is 86.8 cm³/mol. The van der Waals surface area contributed by atoms with E-state index in [0.717, 1.165) is 15.7 Å². The van der Waals surface area contributed by atoms with Gasteiger partial charge >= 0.3 is 0 Å². The van der Waals surface area contributed by atoms with Gasteiger partial charge < -0.3 is 5.32 Å². The summed E-state index contributed by atoms with van der Waals surface area (Å²) in [5.74, 6) is 0. The number of rotatable bonds is 2. The van der Waals surface area contributed by atoms with Crippen molar-refractivity contribution in [2.45, 2.75) is 11.4 Å². The highest BCUT2D eigenvalue weighted by molar-refractivity contribution is 9.10. The van der Waals surface area contributed by atoms with Crippen molar-refractivity contribution in [1.29, 1.82) is 0 Å². The minimum Gasteiger partial charge on any atom is -0.311 e. The maximum Gasteiger partial charge on any atom is 0.264 e. The van der Waals surface area contributed by atoms with E-state index in [9.17, 15) is 8.42 Å². The smallest absolute Gasteiger partial charge is 0.264 e. The van der Waals surface area contributed by atoms with Crippen molar-refractivity contribution in [2.75, 3.05) is 17.4 Å². The molecular weight excluding hydrogens is 352 g/mol. The maximum atomic E-state index is 12.9. The number of para-hydroxylation sites is 1. The summed E-state index contributed by atoms with van der Waals surface area (Å²) in [6, 6.07) is 14.4. The van der Waals surface area contributed by atoms with Gasteiger partial charge in [-0.25, -0.2) is 8.42 Å². The highest BCUT2D eigenvalue weighted by Crippen LogP contribution is 2.28. The van der Waals surface area contributed by atoms with Crippen molar-refractivity contribution in [2.24, 2.45) is 0 Å². The molecule has 0 aromatic heterocycles. The zero-order valence-corrected chi connectivity index (χ0v) is 13.7. The molecule has 0 spiro atoms. The van der Waals surface area contributed by atoms with Crippen LogP contribution in [0.3, 0.4) is 0 Å². The molecule has 0 bridgehead atoms. The number of benzene rings is 2. The number of anilines is 1. The molecule has 0 atom stereocenters. The third-order valence-electron chi connectivity index (χ3n) is 3.47. The molecule has 0 aliphatic carbocycles. The second-order valence-electron chi connectivity index (χ2n) is 4.84. The Morgan fingerprint density at radius 1 is 1.05 bits per heavy atom. The van der Waals surface area contributed by atoms with Gasteiger partial charge in [0.25, 0.3) is 10.0 Å². The Balaban J connectivity index is 2.08. The van der Waals surface area contributed by atoms with Crippen LogP contribution in [0.15, 0.2) is 57.9 Å². The number of hydrogen-bond acceptors (Lipinski definition) is 3. The molecular formula is C15H15BrN2O2S. The van der Waals surface area contributed by atoms with Crippen LogP contribution in [0.4, 0.5) is 5.69 Å². The lowest BCUT2D eigenvalue weighted by atomic mass is 10.2.